The van der Waals surface area contributed by atoms with Crippen molar-refractivity contribution in [2.24, 2.45) is 0 Å². The molecule has 4 heteroatoms. The topological polar surface area (TPSA) is 17.1 Å². The Morgan fingerprint density at radius 1 is 1.75 bits per heavy atom. The summed E-state index contributed by atoms with van der Waals surface area (Å²) in [4.78, 5) is 10.4. The van der Waals surface area contributed by atoms with E-state index >= 15 is 0 Å². The van der Waals surface area contributed by atoms with Crippen LogP contribution in [-0.4, -0.2) is 11.1 Å². The molecule has 0 aromatic heterocycles. The van der Waals surface area contributed by atoms with Crippen LogP contribution in [0.25, 0.3) is 0 Å². The van der Waals surface area contributed by atoms with Gasteiger partial charge in [0.15, 0.2) is 5.78 Å². The summed E-state index contributed by atoms with van der Waals surface area (Å²) >= 11 is 13.3. The summed E-state index contributed by atoms with van der Waals surface area (Å²) in [5.74, 6) is -0.207. The lowest BCUT2D eigenvalue weighted by atomic mass is 10.4. The molecular weight excluding hydrogens is 215 g/mol. The third-order valence-corrected chi connectivity index (χ3v) is 1.64. The molecule has 0 bridgehead atoms. The lowest BCUT2D eigenvalue weighted by Crippen LogP contribution is -1.96. The number of allylic oxidation sites excluding steroid dienone is 1. The summed E-state index contributed by atoms with van der Waals surface area (Å²) < 4.78 is 0. The molecule has 0 heterocycles. The van der Waals surface area contributed by atoms with Crippen LogP contribution in [0.2, 0.25) is 0 Å². The zero-order valence-corrected chi connectivity index (χ0v) is 6.92. The summed E-state index contributed by atoms with van der Waals surface area (Å²) in [5.41, 5.74) is 1.05. The van der Waals surface area contributed by atoms with Gasteiger partial charge in [0.25, 0.3) is 0 Å². The molecule has 0 amide bonds. The van der Waals surface area contributed by atoms with Crippen LogP contribution in [0, 0.1) is 0 Å². The molecule has 0 atom stereocenters. The normalized spacial score (nSPS) is 11.6. The highest BCUT2D eigenvalue weighted by Gasteiger charge is 2.01. The van der Waals surface area contributed by atoms with E-state index in [2.05, 4.69) is 15.9 Å². The van der Waals surface area contributed by atoms with E-state index in [-0.39, 0.29) is 16.1 Å². The van der Waals surface area contributed by atoms with Crippen molar-refractivity contribution in [1.29, 1.82) is 0 Å². The van der Waals surface area contributed by atoms with Crippen molar-refractivity contribution in [2.45, 2.75) is 0 Å². The second-order valence-electron chi connectivity index (χ2n) is 1.01. The van der Waals surface area contributed by atoms with Crippen molar-refractivity contribution < 1.29 is 4.79 Å². The van der Waals surface area contributed by atoms with E-state index in [1.165, 1.54) is 0 Å². The number of hydrogen-bond donors (Lipinski definition) is 0. The van der Waals surface area contributed by atoms with Crippen molar-refractivity contribution in [2.75, 3.05) is 5.33 Å². The Morgan fingerprint density at radius 3 is 2.38 bits per heavy atom. The molecule has 46 valence electrons. The smallest absolute Gasteiger partial charge is 0.185 e. The first kappa shape index (κ1) is 8.47. The average molecular weight is 218 g/mol. The largest absolute Gasteiger partial charge is 0.292 e. The van der Waals surface area contributed by atoms with E-state index in [1.807, 2.05) is 0 Å². The SMILES string of the molecule is O=C(CBr)/C(Cl)=C/Cl. The van der Waals surface area contributed by atoms with Crippen molar-refractivity contribution in [3.63, 3.8) is 0 Å². The Morgan fingerprint density at radius 2 is 2.25 bits per heavy atom. The van der Waals surface area contributed by atoms with Gasteiger partial charge < -0.3 is 0 Å². The predicted molar refractivity (Wildman–Crippen MR) is 38.6 cm³/mol. The van der Waals surface area contributed by atoms with Gasteiger partial charge in [-0.25, -0.2) is 0 Å². The molecule has 0 saturated carbocycles. The molecule has 0 N–H and O–H groups in total. The Labute approximate surface area is 65.8 Å². The molecule has 0 aromatic rings. The maximum atomic E-state index is 10.4. The fourth-order valence-electron chi connectivity index (χ4n) is 0.125. The number of Topliss-reactive ketones (excluding diaryl/α,β-unsaturated/α-hetero) is 1. The summed E-state index contributed by atoms with van der Waals surface area (Å²) in [6.45, 7) is 0. The van der Waals surface area contributed by atoms with Crippen LogP contribution in [0.15, 0.2) is 10.6 Å². The van der Waals surface area contributed by atoms with Crippen LogP contribution in [0.3, 0.4) is 0 Å². The maximum absolute atomic E-state index is 10.4. The van der Waals surface area contributed by atoms with Gasteiger partial charge in [0.05, 0.1) is 10.4 Å². The first-order chi connectivity index (χ1) is 3.72. The molecule has 0 radical (unpaired) electrons. The molecule has 0 fully saturated rings. The molecule has 1 nitrogen and oxygen atoms in total. The molecule has 0 unspecified atom stereocenters. The fourth-order valence-corrected chi connectivity index (χ4v) is 0.777. The van der Waals surface area contributed by atoms with Gasteiger partial charge in [0, 0.05) is 5.54 Å². The zero-order chi connectivity index (χ0) is 6.57. The van der Waals surface area contributed by atoms with E-state index < -0.39 is 0 Å². The first-order valence-electron chi connectivity index (χ1n) is 1.77. The van der Waals surface area contributed by atoms with Gasteiger partial charge in [-0.1, -0.05) is 39.1 Å². The van der Waals surface area contributed by atoms with Crippen molar-refractivity contribution in [3.8, 4) is 0 Å². The molecule has 0 aliphatic carbocycles. The molecule has 0 spiro atoms. The molecule has 0 saturated heterocycles. The van der Waals surface area contributed by atoms with Crippen molar-refractivity contribution in [1.82, 2.24) is 0 Å². The monoisotopic (exact) mass is 216 g/mol. The first-order valence-corrected chi connectivity index (χ1v) is 3.71. The lowest BCUT2D eigenvalue weighted by molar-refractivity contribution is -0.112. The molecule has 0 aromatic carbocycles. The minimum Gasteiger partial charge on any atom is -0.292 e. The van der Waals surface area contributed by atoms with Gasteiger partial charge in [-0.15, -0.1) is 0 Å². The predicted octanol–water partition coefficient (Wildman–Crippen LogP) is 2.27. The quantitative estimate of drug-likeness (QED) is 0.513. The van der Waals surface area contributed by atoms with Crippen LogP contribution in [0.1, 0.15) is 0 Å². The molecule has 8 heavy (non-hydrogen) atoms. The van der Waals surface area contributed by atoms with Gasteiger partial charge in [-0.2, -0.15) is 0 Å². The number of alkyl halides is 1. The molecule has 0 rings (SSSR count). The van der Waals surface area contributed by atoms with Crippen LogP contribution in [0.4, 0.5) is 0 Å². The van der Waals surface area contributed by atoms with Gasteiger partial charge in [-0.05, 0) is 0 Å². The highest BCUT2D eigenvalue weighted by Crippen LogP contribution is 2.05. The summed E-state index contributed by atoms with van der Waals surface area (Å²) in [6.07, 6.45) is 0. The third kappa shape index (κ3) is 2.70. The Kier molecular flexibility index (Phi) is 4.61. The minimum absolute atomic E-state index is 0.0588. The number of halogens is 3. The van der Waals surface area contributed by atoms with Gasteiger partial charge in [-0.3, -0.25) is 4.79 Å². The highest BCUT2D eigenvalue weighted by molar-refractivity contribution is 9.09. The van der Waals surface area contributed by atoms with E-state index in [4.69, 9.17) is 23.2 Å². The van der Waals surface area contributed by atoms with E-state index in [9.17, 15) is 4.79 Å². The average Bonchev–Trinajstić information content (AvgIpc) is 1.84. The number of ketones is 1. The van der Waals surface area contributed by atoms with Gasteiger partial charge >= 0.3 is 0 Å². The minimum atomic E-state index is -0.207. The maximum Gasteiger partial charge on any atom is 0.185 e. The summed E-state index contributed by atoms with van der Waals surface area (Å²) in [7, 11) is 0. The lowest BCUT2D eigenvalue weighted by Gasteiger charge is -1.86. The summed E-state index contributed by atoms with van der Waals surface area (Å²) in [5, 5.41) is 0.276. The van der Waals surface area contributed by atoms with Crippen molar-refractivity contribution >= 4 is 44.9 Å². The van der Waals surface area contributed by atoms with Crippen molar-refractivity contribution in [3.05, 3.63) is 10.6 Å². The zero-order valence-electron chi connectivity index (χ0n) is 3.83. The van der Waals surface area contributed by atoms with Crippen LogP contribution in [0.5, 0.6) is 0 Å². The second kappa shape index (κ2) is 4.36. The van der Waals surface area contributed by atoms with E-state index in [1.54, 1.807) is 0 Å². The second-order valence-corrected chi connectivity index (χ2v) is 2.20. The van der Waals surface area contributed by atoms with Crippen LogP contribution >= 0.6 is 39.1 Å². The van der Waals surface area contributed by atoms with Crippen LogP contribution < -0.4 is 0 Å². The number of rotatable bonds is 2. The number of carbonyl (C=O) groups excluding carboxylic acids is 1. The Hall–Kier alpha value is 0.470. The van der Waals surface area contributed by atoms with Gasteiger partial charge in [0.2, 0.25) is 0 Å². The molecular formula is C4H3BrCl2O. The molecule has 0 aliphatic heterocycles. The Bertz CT molecular complexity index is 121. The number of hydrogen-bond acceptors (Lipinski definition) is 1. The fraction of sp³-hybridized carbons (Fsp3) is 0.250. The third-order valence-electron chi connectivity index (χ3n) is 0.484. The van der Waals surface area contributed by atoms with Crippen LogP contribution in [-0.2, 0) is 4.79 Å². The Balaban J connectivity index is 3.83. The standard InChI is InChI=1S/C4H3BrCl2O/c5-1-4(8)3(7)2-6/h2H,1H2/b3-2-. The summed E-state index contributed by atoms with van der Waals surface area (Å²) in [6, 6.07) is 0. The highest BCUT2D eigenvalue weighted by atomic mass is 79.9. The van der Waals surface area contributed by atoms with Gasteiger partial charge in [0.1, 0.15) is 0 Å². The molecule has 0 aliphatic rings. The van der Waals surface area contributed by atoms with E-state index in [0.717, 1.165) is 5.54 Å². The number of carbonyl (C=O) groups is 1. The van der Waals surface area contributed by atoms with E-state index in [0.29, 0.717) is 0 Å².